The number of anilines is 3. The summed E-state index contributed by atoms with van der Waals surface area (Å²) in [5.41, 5.74) is -3.03. The number of azo groups is 1. The number of amides is 3. The lowest BCUT2D eigenvalue weighted by atomic mass is 10.0. The predicted molar refractivity (Wildman–Crippen MR) is 242 cm³/mol. The van der Waals surface area contributed by atoms with E-state index in [1.807, 2.05) is 0 Å². The molecule has 4 aromatic carbocycles. The normalized spacial score (nSPS) is 12.6. The smallest absolute Gasteiger partial charge is 0.460 e. The van der Waals surface area contributed by atoms with Gasteiger partial charge < -0.3 is 30.9 Å². The molecule has 384 valence electrons. The number of nitrogens with one attached hydrogen (secondary N) is 3. The van der Waals surface area contributed by atoms with Crippen LogP contribution in [0.2, 0.25) is 0 Å². The SMILES string of the molecule is CCCCCCCCCCCCCCCC(=O)Nc1cc(O)c(NC(=O)C(F)(F)C(F)(F)C(F)(F)F)cc1Oc1ccc(N=Nc2c(S(=O)(=O)O)cc3cc(S(=O)(=O)O)cc(NC(C)=O)c3c2O)cc1. The standard InChI is InChI=1S/C44H50F7N5O12S2/c1-3-4-5-6-7-8-9-10-11-12-13-14-15-16-37(59)53-32-24-34(58)31(54-41(61)42(45,46)43(47,48)44(49,50)51)25-35(32)68-29-19-17-28(18-20-29)55-56-39-36(70(65,66)67)22-27-21-30(69(62,63)64)23-33(52-26(2)57)38(27)40(39)60/h17-25,58,60H,3-16H2,1-2H3,(H,52,57)(H,53,59)(H,54,61)(H,62,63,64)(H,65,66,67). The van der Waals surface area contributed by atoms with Crippen molar-refractivity contribution < 1.29 is 86.0 Å². The van der Waals surface area contributed by atoms with Crippen LogP contribution < -0.4 is 20.7 Å². The van der Waals surface area contributed by atoms with Gasteiger partial charge in [0.2, 0.25) is 11.8 Å². The first-order valence-corrected chi connectivity index (χ1v) is 24.5. The van der Waals surface area contributed by atoms with E-state index in [1.54, 1.807) is 0 Å². The molecule has 0 aromatic heterocycles. The minimum atomic E-state index is -6.86. The third kappa shape index (κ3) is 14.9. The first kappa shape index (κ1) is 56.5. The van der Waals surface area contributed by atoms with E-state index in [2.05, 4.69) is 27.8 Å². The molecule has 70 heavy (non-hydrogen) atoms. The van der Waals surface area contributed by atoms with Gasteiger partial charge in [-0.05, 0) is 54.3 Å². The van der Waals surface area contributed by atoms with Gasteiger partial charge in [0, 0.05) is 30.9 Å². The highest BCUT2D eigenvalue weighted by molar-refractivity contribution is 7.86. The maximum Gasteiger partial charge on any atom is 0.460 e. The van der Waals surface area contributed by atoms with Crippen LogP contribution in [0.4, 0.5) is 59.2 Å². The molecule has 3 amide bonds. The van der Waals surface area contributed by atoms with Crippen LogP contribution in [0.15, 0.2) is 74.6 Å². The topological polar surface area (TPSA) is 270 Å². The summed E-state index contributed by atoms with van der Waals surface area (Å²) in [4.78, 5) is 35.2. The number of alkyl halides is 7. The van der Waals surface area contributed by atoms with E-state index in [-0.39, 0.29) is 23.5 Å². The molecular weight excluding hydrogens is 988 g/mol. The second-order valence-corrected chi connectivity index (χ2v) is 18.9. The quantitative estimate of drug-likeness (QED) is 0.0107. The third-order valence-electron chi connectivity index (χ3n) is 10.5. The molecular formula is C44H50F7N5O12S2. The number of hydrogen-bond donors (Lipinski definition) is 7. The summed E-state index contributed by atoms with van der Waals surface area (Å²) in [6, 6.07) is 7.84. The minimum absolute atomic E-state index is 0.0544. The van der Waals surface area contributed by atoms with Gasteiger partial charge in [-0.25, -0.2) is 0 Å². The van der Waals surface area contributed by atoms with E-state index in [0.29, 0.717) is 31.0 Å². The first-order valence-electron chi connectivity index (χ1n) is 21.6. The summed E-state index contributed by atoms with van der Waals surface area (Å²) in [6.07, 6.45) is 6.52. The Bertz CT molecular complexity index is 2800. The van der Waals surface area contributed by atoms with Gasteiger partial charge in [-0.3, -0.25) is 23.5 Å². The Balaban J connectivity index is 1.59. The van der Waals surface area contributed by atoms with Gasteiger partial charge in [0.1, 0.15) is 22.1 Å². The number of carbonyl (C=O) groups excluding carboxylic acids is 3. The number of fused-ring (bicyclic) bond motifs is 1. The van der Waals surface area contributed by atoms with Crippen molar-refractivity contribution in [2.75, 3.05) is 16.0 Å². The van der Waals surface area contributed by atoms with Crippen LogP contribution in [-0.4, -0.2) is 71.9 Å². The number of unbranched alkanes of at least 4 members (excludes halogenated alkanes) is 12. The van der Waals surface area contributed by atoms with Gasteiger partial charge >= 0.3 is 23.9 Å². The number of phenolic OH excluding ortho intramolecular Hbond substituents is 2. The van der Waals surface area contributed by atoms with Gasteiger partial charge in [0.05, 0.1) is 27.6 Å². The molecule has 0 unspecified atom stereocenters. The highest BCUT2D eigenvalue weighted by Gasteiger charge is 2.76. The minimum Gasteiger partial charge on any atom is -0.506 e. The van der Waals surface area contributed by atoms with E-state index in [4.69, 9.17) is 4.74 Å². The number of hydrogen-bond acceptors (Lipinski definition) is 12. The van der Waals surface area contributed by atoms with Crippen molar-refractivity contribution in [3.05, 3.63) is 54.6 Å². The van der Waals surface area contributed by atoms with Crippen LogP contribution in [0.1, 0.15) is 104 Å². The van der Waals surface area contributed by atoms with Crippen LogP contribution in [0, 0.1) is 0 Å². The summed E-state index contributed by atoms with van der Waals surface area (Å²) in [6.45, 7) is 3.17. The fourth-order valence-corrected chi connectivity index (χ4v) is 8.09. The zero-order valence-corrected chi connectivity index (χ0v) is 39.1. The van der Waals surface area contributed by atoms with E-state index in [0.717, 1.165) is 80.7 Å². The Morgan fingerprint density at radius 1 is 0.657 bits per heavy atom. The van der Waals surface area contributed by atoms with E-state index < -0.39 is 111 Å². The largest absolute Gasteiger partial charge is 0.506 e. The van der Waals surface area contributed by atoms with Crippen molar-refractivity contribution in [3.8, 4) is 23.0 Å². The van der Waals surface area contributed by atoms with Crippen molar-refractivity contribution in [3.63, 3.8) is 0 Å². The molecule has 0 radical (unpaired) electrons. The van der Waals surface area contributed by atoms with Crippen LogP contribution in [-0.2, 0) is 34.6 Å². The average molecular weight is 1040 g/mol. The number of nitrogens with zero attached hydrogens (tertiary/aromatic N) is 2. The molecule has 0 spiro atoms. The molecule has 0 heterocycles. The number of halogens is 7. The molecule has 0 aliphatic heterocycles. The molecule has 17 nitrogen and oxygen atoms in total. The Kier molecular flexibility index (Phi) is 19.1. The molecule has 4 rings (SSSR count). The maximum atomic E-state index is 14.2. The summed E-state index contributed by atoms with van der Waals surface area (Å²) >= 11 is 0. The van der Waals surface area contributed by atoms with E-state index in [9.17, 15) is 81.3 Å². The Morgan fingerprint density at radius 2 is 1.21 bits per heavy atom. The first-order chi connectivity index (χ1) is 32.6. The number of phenols is 2. The number of carbonyl (C=O) groups is 3. The second kappa shape index (κ2) is 23.7. The highest BCUT2D eigenvalue weighted by atomic mass is 32.2. The van der Waals surface area contributed by atoms with Gasteiger partial charge in [0.15, 0.2) is 11.5 Å². The van der Waals surface area contributed by atoms with Crippen LogP contribution in [0.5, 0.6) is 23.0 Å². The van der Waals surface area contributed by atoms with Crippen molar-refractivity contribution >= 4 is 77.2 Å². The van der Waals surface area contributed by atoms with Crippen LogP contribution in [0.25, 0.3) is 10.8 Å². The maximum absolute atomic E-state index is 14.2. The van der Waals surface area contributed by atoms with E-state index >= 15 is 0 Å². The molecule has 7 N–H and O–H groups in total. The lowest BCUT2D eigenvalue weighted by Gasteiger charge is -2.27. The van der Waals surface area contributed by atoms with Crippen molar-refractivity contribution in [1.82, 2.24) is 0 Å². The molecule has 0 atom stereocenters. The molecule has 0 aliphatic carbocycles. The highest BCUT2D eigenvalue weighted by Crippen LogP contribution is 2.48. The lowest BCUT2D eigenvalue weighted by Crippen LogP contribution is -2.57. The van der Waals surface area contributed by atoms with Gasteiger partial charge in [-0.15, -0.1) is 5.11 Å². The average Bonchev–Trinajstić information content (AvgIpc) is 3.25. The van der Waals surface area contributed by atoms with Crippen LogP contribution in [0.3, 0.4) is 0 Å². The molecule has 26 heteroatoms. The summed E-state index contributed by atoms with van der Waals surface area (Å²) < 4.78 is 168. The fourth-order valence-electron chi connectivity index (χ4n) is 6.89. The lowest BCUT2D eigenvalue weighted by molar-refractivity contribution is -0.343. The molecule has 0 saturated carbocycles. The number of aromatic hydroxyl groups is 2. The second-order valence-electron chi connectivity index (χ2n) is 16.1. The Morgan fingerprint density at radius 3 is 1.73 bits per heavy atom. The zero-order valence-electron chi connectivity index (χ0n) is 37.5. The monoisotopic (exact) mass is 1040 g/mol. The third-order valence-corrected chi connectivity index (χ3v) is 12.2. The Hall–Kier alpha value is -6.12. The number of rotatable bonds is 25. The van der Waals surface area contributed by atoms with Crippen molar-refractivity contribution in [2.24, 2.45) is 10.2 Å². The summed E-state index contributed by atoms with van der Waals surface area (Å²) in [5, 5.41) is 34.3. The van der Waals surface area contributed by atoms with E-state index in [1.165, 1.54) is 38.5 Å². The zero-order chi connectivity index (χ0) is 52.2. The summed E-state index contributed by atoms with van der Waals surface area (Å²) in [7, 11) is -10.2. The van der Waals surface area contributed by atoms with Crippen LogP contribution >= 0.6 is 0 Å². The van der Waals surface area contributed by atoms with Crippen molar-refractivity contribution in [2.45, 2.75) is 132 Å². The summed E-state index contributed by atoms with van der Waals surface area (Å²) in [5.74, 6) is -20.8. The molecule has 0 saturated heterocycles. The van der Waals surface area contributed by atoms with Gasteiger partial charge in [-0.2, -0.15) is 52.7 Å². The number of benzene rings is 4. The molecule has 0 bridgehead atoms. The van der Waals surface area contributed by atoms with Gasteiger partial charge in [0.25, 0.3) is 20.2 Å². The molecule has 0 fully saturated rings. The Labute approximate surface area is 397 Å². The number of ether oxygens (including phenoxy) is 1. The molecule has 0 aliphatic rings. The predicted octanol–water partition coefficient (Wildman–Crippen LogP) is 12.1. The molecule has 4 aromatic rings. The van der Waals surface area contributed by atoms with Gasteiger partial charge in [-0.1, -0.05) is 84.0 Å². The fraction of sp³-hybridized carbons (Fsp3) is 0.432. The van der Waals surface area contributed by atoms with Crippen molar-refractivity contribution in [1.29, 1.82) is 0 Å².